The molecule has 1 fully saturated rings. The Bertz CT molecular complexity index is 393. The van der Waals surface area contributed by atoms with E-state index in [-0.39, 0.29) is 18.3 Å². The number of ketones is 1. The lowest BCUT2D eigenvalue weighted by molar-refractivity contribution is -0.148. The van der Waals surface area contributed by atoms with Gasteiger partial charge in [-0.15, -0.1) is 11.6 Å². The van der Waals surface area contributed by atoms with Gasteiger partial charge in [-0.1, -0.05) is 30.3 Å². The molecule has 1 aromatic carbocycles. The molecule has 0 amide bonds. The van der Waals surface area contributed by atoms with Gasteiger partial charge in [-0.2, -0.15) is 0 Å². The van der Waals surface area contributed by atoms with Crippen molar-refractivity contribution in [3.8, 4) is 0 Å². The zero-order chi connectivity index (χ0) is 12.3. The average Bonchev–Trinajstić information content (AvgIpc) is 2.72. The fourth-order valence-electron chi connectivity index (χ4n) is 1.88. The fourth-order valence-corrected chi connectivity index (χ4v) is 2.03. The van der Waals surface area contributed by atoms with Crippen LogP contribution in [0.1, 0.15) is 23.7 Å². The second kappa shape index (κ2) is 5.17. The molecule has 4 heteroatoms. The van der Waals surface area contributed by atoms with E-state index in [1.807, 2.05) is 18.2 Å². The molecule has 2 unspecified atom stereocenters. The van der Waals surface area contributed by atoms with Crippen LogP contribution in [0, 0.1) is 0 Å². The van der Waals surface area contributed by atoms with Crippen molar-refractivity contribution in [2.75, 3.05) is 12.5 Å². The van der Waals surface area contributed by atoms with Gasteiger partial charge in [0.05, 0.1) is 25.0 Å². The molecule has 1 aromatic rings. The maximum Gasteiger partial charge on any atom is 0.173 e. The number of ether oxygens (including phenoxy) is 2. The van der Waals surface area contributed by atoms with E-state index in [0.29, 0.717) is 18.1 Å². The number of halogens is 1. The van der Waals surface area contributed by atoms with E-state index in [4.69, 9.17) is 21.1 Å². The van der Waals surface area contributed by atoms with E-state index >= 15 is 0 Å². The second-order valence-corrected chi connectivity index (χ2v) is 4.61. The van der Waals surface area contributed by atoms with E-state index in [1.54, 1.807) is 19.1 Å². The molecule has 1 heterocycles. The van der Waals surface area contributed by atoms with Crippen molar-refractivity contribution < 1.29 is 14.3 Å². The average molecular weight is 255 g/mol. The molecule has 0 bridgehead atoms. The van der Waals surface area contributed by atoms with Gasteiger partial charge in [-0.3, -0.25) is 4.79 Å². The highest BCUT2D eigenvalue weighted by atomic mass is 35.5. The summed E-state index contributed by atoms with van der Waals surface area (Å²) in [7, 11) is 0. The Morgan fingerprint density at radius 2 is 2.18 bits per heavy atom. The van der Waals surface area contributed by atoms with Crippen molar-refractivity contribution in [3.05, 3.63) is 35.9 Å². The number of carbonyl (C=O) groups excluding carboxylic acids is 1. The summed E-state index contributed by atoms with van der Waals surface area (Å²) in [5.41, 5.74) is 0.676. The molecule has 0 aliphatic carbocycles. The molecule has 1 aliphatic rings. The number of alkyl halides is 1. The summed E-state index contributed by atoms with van der Waals surface area (Å²) in [6.07, 6.45) is 0.0926. The zero-order valence-corrected chi connectivity index (χ0v) is 10.4. The van der Waals surface area contributed by atoms with Crippen LogP contribution < -0.4 is 0 Å². The lowest BCUT2D eigenvalue weighted by atomic mass is 10.0. The van der Waals surface area contributed by atoms with Crippen molar-refractivity contribution >= 4 is 17.4 Å². The van der Waals surface area contributed by atoms with Gasteiger partial charge in [0.25, 0.3) is 0 Å². The highest BCUT2D eigenvalue weighted by molar-refractivity contribution is 6.18. The van der Waals surface area contributed by atoms with Crippen LogP contribution >= 0.6 is 11.6 Å². The van der Waals surface area contributed by atoms with Gasteiger partial charge < -0.3 is 9.47 Å². The molecule has 1 aliphatic heterocycles. The van der Waals surface area contributed by atoms with E-state index in [1.165, 1.54) is 0 Å². The van der Waals surface area contributed by atoms with Crippen LogP contribution in [0.2, 0.25) is 0 Å². The summed E-state index contributed by atoms with van der Waals surface area (Å²) in [5, 5.41) is 0. The molecule has 0 radical (unpaired) electrons. The second-order valence-electron chi connectivity index (χ2n) is 4.30. The van der Waals surface area contributed by atoms with Crippen molar-refractivity contribution in [3.63, 3.8) is 0 Å². The van der Waals surface area contributed by atoms with Gasteiger partial charge in [0.2, 0.25) is 0 Å². The molecule has 2 atom stereocenters. The third kappa shape index (κ3) is 3.06. The number of hydrogen-bond donors (Lipinski definition) is 0. The molecule has 1 saturated heterocycles. The molecular formula is C13H15ClO3. The van der Waals surface area contributed by atoms with Gasteiger partial charge in [0.1, 0.15) is 0 Å². The van der Waals surface area contributed by atoms with Crippen molar-refractivity contribution in [1.82, 2.24) is 0 Å². The minimum atomic E-state index is -0.841. The topological polar surface area (TPSA) is 35.5 Å². The minimum absolute atomic E-state index is 0.0170. The van der Waals surface area contributed by atoms with Gasteiger partial charge in [-0.25, -0.2) is 0 Å². The van der Waals surface area contributed by atoms with Crippen molar-refractivity contribution in [1.29, 1.82) is 0 Å². The summed E-state index contributed by atoms with van der Waals surface area (Å²) in [4.78, 5) is 12.0. The molecular weight excluding hydrogens is 240 g/mol. The van der Waals surface area contributed by atoms with Gasteiger partial charge in [0, 0.05) is 5.56 Å². The third-order valence-electron chi connectivity index (χ3n) is 2.74. The Morgan fingerprint density at radius 3 is 2.76 bits per heavy atom. The standard InChI is InChI=1S/C13H15ClO3/c1-13(16-9-11(8-14)17-13)7-12(15)10-5-3-2-4-6-10/h2-6,11H,7-9H2,1H3. The van der Waals surface area contributed by atoms with Crippen molar-refractivity contribution in [2.24, 2.45) is 0 Å². The number of benzene rings is 1. The Morgan fingerprint density at radius 1 is 1.47 bits per heavy atom. The van der Waals surface area contributed by atoms with E-state index in [0.717, 1.165) is 0 Å². The quantitative estimate of drug-likeness (QED) is 0.612. The van der Waals surface area contributed by atoms with Crippen LogP contribution in [0.3, 0.4) is 0 Å². The summed E-state index contributed by atoms with van der Waals surface area (Å²) in [6.45, 7) is 2.22. The Hall–Kier alpha value is -0.900. The predicted molar refractivity (Wildman–Crippen MR) is 65.3 cm³/mol. The largest absolute Gasteiger partial charge is 0.347 e. The summed E-state index contributed by atoms with van der Waals surface area (Å²) >= 11 is 5.70. The van der Waals surface area contributed by atoms with E-state index < -0.39 is 5.79 Å². The lowest BCUT2D eigenvalue weighted by Gasteiger charge is -2.22. The monoisotopic (exact) mass is 254 g/mol. The van der Waals surface area contributed by atoms with Crippen LogP contribution in [0.15, 0.2) is 30.3 Å². The first kappa shape index (κ1) is 12.6. The highest BCUT2D eigenvalue weighted by Gasteiger charge is 2.38. The molecule has 0 aromatic heterocycles. The first-order chi connectivity index (χ1) is 8.13. The van der Waals surface area contributed by atoms with Crippen LogP contribution in [-0.4, -0.2) is 30.2 Å². The smallest absolute Gasteiger partial charge is 0.173 e. The molecule has 0 N–H and O–H groups in total. The number of carbonyl (C=O) groups is 1. The molecule has 3 nitrogen and oxygen atoms in total. The maximum absolute atomic E-state index is 12.0. The minimum Gasteiger partial charge on any atom is -0.347 e. The van der Waals surface area contributed by atoms with Gasteiger partial charge in [0.15, 0.2) is 11.6 Å². The molecule has 2 rings (SSSR count). The normalized spacial score (nSPS) is 28.2. The molecule has 17 heavy (non-hydrogen) atoms. The zero-order valence-electron chi connectivity index (χ0n) is 9.69. The first-order valence-electron chi connectivity index (χ1n) is 5.59. The number of Topliss-reactive ketones (excluding diaryl/α,β-unsaturated/α-hetero) is 1. The lowest BCUT2D eigenvalue weighted by Crippen LogP contribution is -2.30. The van der Waals surface area contributed by atoms with Crippen LogP contribution in [0.5, 0.6) is 0 Å². The van der Waals surface area contributed by atoms with Crippen LogP contribution in [-0.2, 0) is 9.47 Å². The Labute approximate surface area is 106 Å². The van der Waals surface area contributed by atoms with E-state index in [9.17, 15) is 4.79 Å². The van der Waals surface area contributed by atoms with E-state index in [2.05, 4.69) is 0 Å². The molecule has 0 spiro atoms. The Balaban J connectivity index is 2.00. The van der Waals surface area contributed by atoms with Gasteiger partial charge >= 0.3 is 0 Å². The highest BCUT2D eigenvalue weighted by Crippen LogP contribution is 2.28. The number of rotatable bonds is 4. The number of hydrogen-bond acceptors (Lipinski definition) is 3. The fraction of sp³-hybridized carbons (Fsp3) is 0.462. The van der Waals surface area contributed by atoms with Crippen LogP contribution in [0.25, 0.3) is 0 Å². The summed E-state index contributed by atoms with van der Waals surface area (Å²) in [6, 6.07) is 9.14. The Kier molecular flexibility index (Phi) is 3.82. The third-order valence-corrected chi connectivity index (χ3v) is 3.08. The van der Waals surface area contributed by atoms with Crippen LogP contribution in [0.4, 0.5) is 0 Å². The SMILES string of the molecule is CC1(CC(=O)c2ccccc2)OCC(CCl)O1. The maximum atomic E-state index is 12.0. The molecule has 0 saturated carbocycles. The molecule has 92 valence electrons. The van der Waals surface area contributed by atoms with Crippen molar-refractivity contribution in [2.45, 2.75) is 25.2 Å². The summed E-state index contributed by atoms with van der Waals surface area (Å²) in [5.74, 6) is -0.440. The summed E-state index contributed by atoms with van der Waals surface area (Å²) < 4.78 is 11.1. The van der Waals surface area contributed by atoms with Gasteiger partial charge in [-0.05, 0) is 6.92 Å². The first-order valence-corrected chi connectivity index (χ1v) is 6.12. The predicted octanol–water partition coefficient (Wildman–Crippen LogP) is 2.63.